The van der Waals surface area contributed by atoms with Crippen molar-refractivity contribution >= 4 is 5.97 Å². The lowest BCUT2D eigenvalue weighted by molar-refractivity contribution is -0.136. The molecule has 0 radical (unpaired) electrons. The summed E-state index contributed by atoms with van der Waals surface area (Å²) in [7, 11) is 1.53. The Labute approximate surface area is 114 Å². The molecule has 0 saturated heterocycles. The molecule has 0 heterocycles. The molecule has 1 aliphatic rings. The number of benzene rings is 1. The van der Waals surface area contributed by atoms with E-state index >= 15 is 0 Å². The number of para-hydroxylation sites is 1. The topological polar surface area (TPSA) is 66.8 Å². The fraction of sp³-hybridized carbons (Fsp3) is 0.533. The molecule has 0 aromatic heterocycles. The minimum absolute atomic E-state index is 0.00398. The van der Waals surface area contributed by atoms with Crippen molar-refractivity contribution in [3.05, 3.63) is 29.8 Å². The molecule has 2 rings (SSSR count). The number of carbonyl (C=O) groups is 1. The zero-order chi connectivity index (χ0) is 14.1. The second kappa shape index (κ2) is 8.53. The minimum Gasteiger partial charge on any atom is -0.496 e. The van der Waals surface area contributed by atoms with Gasteiger partial charge in [-0.15, -0.1) is 0 Å². The SMILES string of the molecule is COc1ccccc1CC(=O)O.OC1CCCCC1. The van der Waals surface area contributed by atoms with Gasteiger partial charge in [0.05, 0.1) is 19.6 Å². The van der Waals surface area contributed by atoms with E-state index in [1.165, 1.54) is 26.4 Å². The van der Waals surface area contributed by atoms with Gasteiger partial charge >= 0.3 is 5.97 Å². The van der Waals surface area contributed by atoms with Crippen LogP contribution in [0.4, 0.5) is 0 Å². The average Bonchev–Trinajstić information content (AvgIpc) is 2.40. The Hall–Kier alpha value is -1.55. The second-order valence-electron chi connectivity index (χ2n) is 4.67. The van der Waals surface area contributed by atoms with Crippen LogP contribution in [-0.4, -0.2) is 29.4 Å². The molecule has 0 spiro atoms. The van der Waals surface area contributed by atoms with Crippen LogP contribution in [0.3, 0.4) is 0 Å². The summed E-state index contributed by atoms with van der Waals surface area (Å²) in [5.74, 6) is -0.223. The number of aliphatic hydroxyl groups excluding tert-OH is 1. The molecular weight excluding hydrogens is 244 g/mol. The van der Waals surface area contributed by atoms with Crippen molar-refractivity contribution in [1.29, 1.82) is 0 Å². The summed E-state index contributed by atoms with van der Waals surface area (Å²) in [6.45, 7) is 0. The van der Waals surface area contributed by atoms with Crippen LogP contribution >= 0.6 is 0 Å². The predicted molar refractivity (Wildman–Crippen MR) is 73.4 cm³/mol. The van der Waals surface area contributed by atoms with Gasteiger partial charge in [-0.1, -0.05) is 37.5 Å². The van der Waals surface area contributed by atoms with Crippen LogP contribution < -0.4 is 4.74 Å². The van der Waals surface area contributed by atoms with E-state index in [1.807, 2.05) is 6.07 Å². The molecule has 1 aromatic rings. The lowest BCUT2D eigenvalue weighted by Gasteiger charge is -2.14. The van der Waals surface area contributed by atoms with Crippen molar-refractivity contribution in [2.24, 2.45) is 0 Å². The van der Waals surface area contributed by atoms with Gasteiger partial charge in [-0.3, -0.25) is 4.79 Å². The fourth-order valence-electron chi connectivity index (χ4n) is 2.09. The minimum atomic E-state index is -0.848. The molecule has 0 unspecified atom stereocenters. The maximum absolute atomic E-state index is 10.4. The molecule has 4 nitrogen and oxygen atoms in total. The summed E-state index contributed by atoms with van der Waals surface area (Å²) in [6.07, 6.45) is 5.93. The van der Waals surface area contributed by atoms with Crippen molar-refractivity contribution in [3.63, 3.8) is 0 Å². The molecule has 1 fully saturated rings. The summed E-state index contributed by atoms with van der Waals surface area (Å²) in [6, 6.07) is 7.09. The lowest BCUT2D eigenvalue weighted by atomic mass is 9.98. The van der Waals surface area contributed by atoms with E-state index in [1.54, 1.807) is 18.2 Å². The van der Waals surface area contributed by atoms with Crippen LogP contribution in [0, 0.1) is 0 Å². The summed E-state index contributed by atoms with van der Waals surface area (Å²) >= 11 is 0. The number of rotatable bonds is 3. The standard InChI is InChI=1S/C9H10O3.C6H12O/c1-12-8-5-3-2-4-7(8)6-9(10)11;7-6-4-2-1-3-5-6/h2-5H,6H2,1H3,(H,10,11);6-7H,1-5H2. The number of aliphatic carboxylic acids is 1. The first-order valence-corrected chi connectivity index (χ1v) is 6.65. The molecule has 0 atom stereocenters. The molecule has 1 saturated carbocycles. The Morgan fingerprint density at radius 2 is 1.89 bits per heavy atom. The molecular formula is C15H22O4. The summed E-state index contributed by atoms with van der Waals surface area (Å²) < 4.78 is 4.98. The molecule has 1 aromatic carbocycles. The summed E-state index contributed by atoms with van der Waals surface area (Å²) in [4.78, 5) is 10.4. The van der Waals surface area contributed by atoms with E-state index in [4.69, 9.17) is 14.9 Å². The van der Waals surface area contributed by atoms with Gasteiger partial charge in [-0.25, -0.2) is 0 Å². The third kappa shape index (κ3) is 6.25. The van der Waals surface area contributed by atoms with Gasteiger partial charge in [0.25, 0.3) is 0 Å². The largest absolute Gasteiger partial charge is 0.496 e. The van der Waals surface area contributed by atoms with E-state index in [9.17, 15) is 4.79 Å². The number of aliphatic hydroxyl groups is 1. The van der Waals surface area contributed by atoms with E-state index in [0.717, 1.165) is 12.8 Å². The maximum Gasteiger partial charge on any atom is 0.307 e. The highest BCUT2D eigenvalue weighted by Gasteiger charge is 2.07. The Bertz CT molecular complexity index is 383. The number of hydrogen-bond donors (Lipinski definition) is 2. The van der Waals surface area contributed by atoms with Crippen LogP contribution in [0.1, 0.15) is 37.7 Å². The van der Waals surface area contributed by atoms with Crippen molar-refractivity contribution in [3.8, 4) is 5.75 Å². The first-order chi connectivity index (χ1) is 9.13. The van der Waals surface area contributed by atoms with Gasteiger partial charge in [0, 0.05) is 5.56 Å². The first-order valence-electron chi connectivity index (χ1n) is 6.65. The highest BCUT2D eigenvalue weighted by atomic mass is 16.5. The van der Waals surface area contributed by atoms with Gasteiger partial charge in [-0.05, 0) is 18.9 Å². The summed E-state index contributed by atoms with van der Waals surface area (Å²) in [5, 5.41) is 17.4. The fourth-order valence-corrected chi connectivity index (χ4v) is 2.09. The Kier molecular flexibility index (Phi) is 6.97. The highest BCUT2D eigenvalue weighted by molar-refractivity contribution is 5.71. The third-order valence-electron chi connectivity index (χ3n) is 3.11. The number of methoxy groups -OCH3 is 1. The van der Waals surface area contributed by atoms with Crippen LogP contribution in [0.2, 0.25) is 0 Å². The molecule has 0 amide bonds. The smallest absolute Gasteiger partial charge is 0.307 e. The van der Waals surface area contributed by atoms with Crippen LogP contribution in [0.5, 0.6) is 5.75 Å². The molecule has 2 N–H and O–H groups in total. The van der Waals surface area contributed by atoms with Gasteiger partial charge in [0.1, 0.15) is 5.75 Å². The van der Waals surface area contributed by atoms with Gasteiger partial charge in [0.15, 0.2) is 0 Å². The third-order valence-corrected chi connectivity index (χ3v) is 3.11. The quantitative estimate of drug-likeness (QED) is 0.882. The molecule has 0 aliphatic heterocycles. The van der Waals surface area contributed by atoms with Gasteiger partial charge < -0.3 is 14.9 Å². The molecule has 4 heteroatoms. The monoisotopic (exact) mass is 266 g/mol. The molecule has 1 aliphatic carbocycles. The number of carboxylic acid groups (broad SMARTS) is 1. The average molecular weight is 266 g/mol. The number of hydrogen-bond acceptors (Lipinski definition) is 3. The predicted octanol–water partition coefficient (Wildman–Crippen LogP) is 2.63. The second-order valence-corrected chi connectivity index (χ2v) is 4.67. The van der Waals surface area contributed by atoms with Crippen molar-refractivity contribution in [2.45, 2.75) is 44.6 Å². The van der Waals surface area contributed by atoms with E-state index < -0.39 is 5.97 Å². The van der Waals surface area contributed by atoms with Crippen LogP contribution in [0.25, 0.3) is 0 Å². The lowest BCUT2D eigenvalue weighted by Crippen LogP contribution is -2.09. The van der Waals surface area contributed by atoms with Gasteiger partial charge in [-0.2, -0.15) is 0 Å². The van der Waals surface area contributed by atoms with Crippen molar-refractivity contribution in [2.75, 3.05) is 7.11 Å². The molecule has 19 heavy (non-hydrogen) atoms. The Morgan fingerprint density at radius 1 is 1.26 bits per heavy atom. The zero-order valence-electron chi connectivity index (χ0n) is 11.3. The maximum atomic E-state index is 10.4. The molecule has 0 bridgehead atoms. The number of ether oxygens (including phenoxy) is 1. The Balaban J connectivity index is 0.000000218. The van der Waals surface area contributed by atoms with E-state index in [0.29, 0.717) is 11.3 Å². The normalized spacial score (nSPS) is 15.3. The van der Waals surface area contributed by atoms with E-state index in [2.05, 4.69) is 0 Å². The highest BCUT2D eigenvalue weighted by Crippen LogP contribution is 2.17. The first kappa shape index (κ1) is 15.5. The van der Waals surface area contributed by atoms with E-state index in [-0.39, 0.29) is 12.5 Å². The van der Waals surface area contributed by atoms with Gasteiger partial charge in [0.2, 0.25) is 0 Å². The molecule has 106 valence electrons. The van der Waals surface area contributed by atoms with Crippen LogP contribution in [0.15, 0.2) is 24.3 Å². The zero-order valence-corrected chi connectivity index (χ0v) is 11.3. The van der Waals surface area contributed by atoms with Crippen molar-refractivity contribution < 1.29 is 19.7 Å². The summed E-state index contributed by atoms with van der Waals surface area (Å²) in [5.41, 5.74) is 0.701. The number of carboxylic acids is 1. The van der Waals surface area contributed by atoms with Crippen LogP contribution in [-0.2, 0) is 11.2 Å². The Morgan fingerprint density at radius 3 is 2.37 bits per heavy atom. The van der Waals surface area contributed by atoms with Crippen molar-refractivity contribution in [1.82, 2.24) is 0 Å².